The van der Waals surface area contributed by atoms with E-state index in [0.717, 1.165) is 22.2 Å². The van der Waals surface area contributed by atoms with Gasteiger partial charge in [-0.1, -0.05) is 15.9 Å². The maximum Gasteiger partial charge on any atom is 0.161 e. The first-order chi connectivity index (χ1) is 8.22. The molecule has 96 valence electrons. The second-order valence-electron chi connectivity index (χ2n) is 3.45. The van der Waals surface area contributed by atoms with Crippen molar-refractivity contribution in [3.8, 4) is 11.5 Å². The zero-order valence-electron chi connectivity index (χ0n) is 10.2. The molecule has 0 radical (unpaired) electrons. The number of benzene rings is 1. The quantitative estimate of drug-likeness (QED) is 0.783. The van der Waals surface area contributed by atoms with Crippen LogP contribution in [0.1, 0.15) is 5.56 Å². The van der Waals surface area contributed by atoms with Crippen LogP contribution in [0.15, 0.2) is 16.6 Å². The SMILES string of the molecule is COc1cc(Br)c(CCOCCN)cc1OC. The highest BCUT2D eigenvalue weighted by molar-refractivity contribution is 9.10. The van der Waals surface area contributed by atoms with Crippen molar-refractivity contribution in [2.24, 2.45) is 5.73 Å². The van der Waals surface area contributed by atoms with E-state index in [1.165, 1.54) is 0 Å². The number of hydrogen-bond acceptors (Lipinski definition) is 4. The minimum Gasteiger partial charge on any atom is -0.493 e. The molecule has 0 aromatic heterocycles. The fraction of sp³-hybridized carbons (Fsp3) is 0.500. The lowest BCUT2D eigenvalue weighted by atomic mass is 10.1. The number of nitrogens with two attached hydrogens (primary N) is 1. The largest absolute Gasteiger partial charge is 0.493 e. The predicted molar refractivity (Wildman–Crippen MR) is 70.8 cm³/mol. The molecule has 0 aliphatic rings. The highest BCUT2D eigenvalue weighted by Gasteiger charge is 2.09. The number of hydrogen-bond donors (Lipinski definition) is 1. The second kappa shape index (κ2) is 7.53. The normalized spacial score (nSPS) is 10.4. The van der Waals surface area contributed by atoms with Crippen LogP contribution in [0.2, 0.25) is 0 Å². The summed E-state index contributed by atoms with van der Waals surface area (Å²) in [4.78, 5) is 0. The summed E-state index contributed by atoms with van der Waals surface area (Å²) < 4.78 is 16.8. The van der Waals surface area contributed by atoms with E-state index in [1.54, 1.807) is 14.2 Å². The first kappa shape index (κ1) is 14.3. The van der Waals surface area contributed by atoms with Gasteiger partial charge in [0.15, 0.2) is 11.5 Å². The summed E-state index contributed by atoms with van der Waals surface area (Å²) in [5.74, 6) is 1.44. The molecule has 1 rings (SSSR count). The fourth-order valence-corrected chi connectivity index (χ4v) is 1.98. The number of halogens is 1. The van der Waals surface area contributed by atoms with Gasteiger partial charge in [-0.3, -0.25) is 0 Å². The van der Waals surface area contributed by atoms with Crippen LogP contribution < -0.4 is 15.2 Å². The van der Waals surface area contributed by atoms with Crippen molar-refractivity contribution in [2.45, 2.75) is 6.42 Å². The maximum atomic E-state index is 5.35. The van der Waals surface area contributed by atoms with Gasteiger partial charge in [-0.15, -0.1) is 0 Å². The third kappa shape index (κ3) is 4.18. The van der Waals surface area contributed by atoms with Crippen molar-refractivity contribution in [1.29, 1.82) is 0 Å². The lowest BCUT2D eigenvalue weighted by Gasteiger charge is -2.12. The van der Waals surface area contributed by atoms with Crippen LogP contribution in [0.25, 0.3) is 0 Å². The molecule has 0 saturated carbocycles. The van der Waals surface area contributed by atoms with E-state index in [9.17, 15) is 0 Å². The first-order valence-corrected chi connectivity index (χ1v) is 6.20. The lowest BCUT2D eigenvalue weighted by molar-refractivity contribution is 0.144. The average Bonchev–Trinajstić information content (AvgIpc) is 2.35. The number of methoxy groups -OCH3 is 2. The molecular formula is C12H18BrNO3. The summed E-state index contributed by atoms with van der Waals surface area (Å²) >= 11 is 3.50. The predicted octanol–water partition coefficient (Wildman–Crippen LogP) is 1.98. The molecule has 0 aliphatic heterocycles. The molecule has 0 spiro atoms. The van der Waals surface area contributed by atoms with Crippen molar-refractivity contribution in [3.63, 3.8) is 0 Å². The van der Waals surface area contributed by atoms with E-state index in [1.807, 2.05) is 12.1 Å². The molecule has 1 aromatic carbocycles. The summed E-state index contributed by atoms with van der Waals surface area (Å²) in [5.41, 5.74) is 6.48. The van der Waals surface area contributed by atoms with E-state index in [0.29, 0.717) is 25.5 Å². The highest BCUT2D eigenvalue weighted by atomic mass is 79.9. The highest BCUT2D eigenvalue weighted by Crippen LogP contribution is 2.33. The van der Waals surface area contributed by atoms with Crippen LogP contribution in [0.3, 0.4) is 0 Å². The molecule has 0 atom stereocenters. The molecule has 5 heteroatoms. The Kier molecular flexibility index (Phi) is 6.32. The topological polar surface area (TPSA) is 53.7 Å². The molecule has 0 bridgehead atoms. The van der Waals surface area contributed by atoms with Gasteiger partial charge < -0.3 is 19.9 Å². The molecule has 2 N–H and O–H groups in total. The Hall–Kier alpha value is -0.780. The average molecular weight is 304 g/mol. The Bertz CT molecular complexity index is 358. The van der Waals surface area contributed by atoms with Gasteiger partial charge >= 0.3 is 0 Å². The van der Waals surface area contributed by atoms with Crippen LogP contribution in [0.5, 0.6) is 11.5 Å². The van der Waals surface area contributed by atoms with Gasteiger partial charge in [0.2, 0.25) is 0 Å². The minimum atomic E-state index is 0.549. The Balaban J connectivity index is 2.71. The van der Waals surface area contributed by atoms with Crippen LogP contribution in [-0.2, 0) is 11.2 Å². The molecule has 0 heterocycles. The van der Waals surface area contributed by atoms with Crippen molar-refractivity contribution in [1.82, 2.24) is 0 Å². The fourth-order valence-electron chi connectivity index (χ4n) is 1.46. The molecule has 4 nitrogen and oxygen atoms in total. The van der Waals surface area contributed by atoms with E-state index in [4.69, 9.17) is 19.9 Å². The summed E-state index contributed by atoms with van der Waals surface area (Å²) in [7, 11) is 3.24. The van der Waals surface area contributed by atoms with Gasteiger partial charge in [0.1, 0.15) is 0 Å². The molecule has 1 aromatic rings. The van der Waals surface area contributed by atoms with Crippen molar-refractivity contribution in [2.75, 3.05) is 34.0 Å². The molecule has 0 unspecified atom stereocenters. The zero-order valence-corrected chi connectivity index (χ0v) is 11.7. The molecule has 17 heavy (non-hydrogen) atoms. The Morgan fingerprint density at radius 1 is 1.12 bits per heavy atom. The monoisotopic (exact) mass is 303 g/mol. The third-order valence-electron chi connectivity index (χ3n) is 2.33. The second-order valence-corrected chi connectivity index (χ2v) is 4.30. The van der Waals surface area contributed by atoms with Crippen molar-refractivity contribution in [3.05, 3.63) is 22.2 Å². The molecule has 0 saturated heterocycles. The maximum absolute atomic E-state index is 5.35. The molecule has 0 amide bonds. The number of ether oxygens (including phenoxy) is 3. The first-order valence-electron chi connectivity index (χ1n) is 5.41. The standard InChI is InChI=1S/C12H18BrNO3/c1-15-11-7-9(3-5-17-6-4-14)10(13)8-12(11)16-2/h7-8H,3-6,14H2,1-2H3. The molecule has 0 aliphatic carbocycles. The summed E-state index contributed by atoms with van der Waals surface area (Å²) in [6.07, 6.45) is 0.806. The van der Waals surface area contributed by atoms with Crippen LogP contribution >= 0.6 is 15.9 Å². The van der Waals surface area contributed by atoms with Crippen molar-refractivity contribution < 1.29 is 14.2 Å². The Labute approximate surface area is 110 Å². The minimum absolute atomic E-state index is 0.549. The van der Waals surface area contributed by atoms with Gasteiger partial charge in [-0.25, -0.2) is 0 Å². The smallest absolute Gasteiger partial charge is 0.161 e. The van der Waals surface area contributed by atoms with Crippen LogP contribution in [-0.4, -0.2) is 34.0 Å². The van der Waals surface area contributed by atoms with E-state index < -0.39 is 0 Å². The van der Waals surface area contributed by atoms with Crippen molar-refractivity contribution >= 4 is 15.9 Å². The lowest BCUT2D eigenvalue weighted by Crippen LogP contribution is -2.10. The summed E-state index contributed by atoms with van der Waals surface area (Å²) in [6.45, 7) is 1.78. The van der Waals surface area contributed by atoms with Gasteiger partial charge in [0.25, 0.3) is 0 Å². The van der Waals surface area contributed by atoms with E-state index in [2.05, 4.69) is 15.9 Å². The number of rotatable bonds is 7. The van der Waals surface area contributed by atoms with Crippen LogP contribution in [0, 0.1) is 0 Å². The van der Waals surface area contributed by atoms with E-state index in [-0.39, 0.29) is 0 Å². The molecular weight excluding hydrogens is 286 g/mol. The zero-order chi connectivity index (χ0) is 12.7. The van der Waals surface area contributed by atoms with Gasteiger partial charge in [-0.2, -0.15) is 0 Å². The summed E-state index contributed by atoms with van der Waals surface area (Å²) in [5, 5.41) is 0. The Morgan fingerprint density at radius 3 is 2.35 bits per heavy atom. The summed E-state index contributed by atoms with van der Waals surface area (Å²) in [6, 6.07) is 3.85. The third-order valence-corrected chi connectivity index (χ3v) is 3.07. The van der Waals surface area contributed by atoms with Gasteiger partial charge in [0.05, 0.1) is 27.4 Å². The van der Waals surface area contributed by atoms with Gasteiger partial charge in [0, 0.05) is 11.0 Å². The van der Waals surface area contributed by atoms with Gasteiger partial charge in [-0.05, 0) is 24.1 Å². The van der Waals surface area contributed by atoms with E-state index >= 15 is 0 Å². The van der Waals surface area contributed by atoms with Crippen LogP contribution in [0.4, 0.5) is 0 Å². The Morgan fingerprint density at radius 2 is 1.76 bits per heavy atom. The molecule has 0 fully saturated rings.